The molecular formula is C18H22N2O2. The van der Waals surface area contributed by atoms with E-state index in [2.05, 4.69) is 34.6 Å². The molecule has 1 saturated carbocycles. The molecule has 1 aliphatic rings. The summed E-state index contributed by atoms with van der Waals surface area (Å²) in [5.41, 5.74) is 1.76. The minimum Gasteiger partial charge on any atom is -0.448 e. The molecule has 2 aromatic rings. The topological polar surface area (TPSA) is 55.1 Å². The van der Waals surface area contributed by atoms with E-state index in [1.807, 2.05) is 6.07 Å². The van der Waals surface area contributed by atoms with Crippen molar-refractivity contribution < 1.29 is 9.21 Å². The third-order valence-electron chi connectivity index (χ3n) is 4.74. The number of aryl methyl sites for hydroxylation is 1. The van der Waals surface area contributed by atoms with Gasteiger partial charge in [-0.1, -0.05) is 49.6 Å². The highest BCUT2D eigenvalue weighted by Gasteiger charge is 2.34. The zero-order valence-electron chi connectivity index (χ0n) is 13.0. The highest BCUT2D eigenvalue weighted by Crippen LogP contribution is 2.38. The van der Waals surface area contributed by atoms with E-state index in [4.69, 9.17) is 4.42 Å². The lowest BCUT2D eigenvalue weighted by molar-refractivity contribution is 0.0930. The van der Waals surface area contributed by atoms with Gasteiger partial charge >= 0.3 is 0 Å². The Kier molecular flexibility index (Phi) is 4.27. The van der Waals surface area contributed by atoms with Crippen LogP contribution in [0.15, 0.2) is 41.1 Å². The van der Waals surface area contributed by atoms with Crippen molar-refractivity contribution in [3.8, 4) is 0 Å². The Labute approximate surface area is 130 Å². The van der Waals surface area contributed by atoms with Crippen LogP contribution in [-0.4, -0.2) is 17.4 Å². The lowest BCUT2D eigenvalue weighted by Crippen LogP contribution is -2.42. The summed E-state index contributed by atoms with van der Waals surface area (Å²) in [6.45, 7) is 2.41. The summed E-state index contributed by atoms with van der Waals surface area (Å²) in [5.74, 6) is 0.419. The number of rotatable bonds is 4. The molecule has 1 N–H and O–H groups in total. The van der Waals surface area contributed by atoms with Crippen molar-refractivity contribution in [2.24, 2.45) is 0 Å². The molecule has 1 fully saturated rings. The van der Waals surface area contributed by atoms with Gasteiger partial charge in [0, 0.05) is 12.0 Å². The molecule has 1 aliphatic carbocycles. The summed E-state index contributed by atoms with van der Waals surface area (Å²) >= 11 is 0. The van der Waals surface area contributed by atoms with E-state index in [0.717, 1.165) is 12.8 Å². The summed E-state index contributed by atoms with van der Waals surface area (Å²) < 4.78 is 5.12. The molecule has 4 nitrogen and oxygen atoms in total. The molecule has 4 heteroatoms. The summed E-state index contributed by atoms with van der Waals surface area (Å²) in [4.78, 5) is 16.3. The second-order valence-corrected chi connectivity index (χ2v) is 6.15. The van der Waals surface area contributed by atoms with Crippen LogP contribution in [0.2, 0.25) is 0 Å². The molecule has 0 aliphatic heterocycles. The first-order valence-electron chi connectivity index (χ1n) is 7.95. The Morgan fingerprint density at radius 3 is 2.59 bits per heavy atom. The first kappa shape index (κ1) is 14.8. The van der Waals surface area contributed by atoms with E-state index >= 15 is 0 Å². The number of aromatic nitrogens is 1. The average molecular weight is 298 g/mol. The van der Waals surface area contributed by atoms with Crippen molar-refractivity contribution in [3.05, 3.63) is 53.7 Å². The predicted molar refractivity (Wildman–Crippen MR) is 84.8 cm³/mol. The van der Waals surface area contributed by atoms with Crippen molar-refractivity contribution in [2.45, 2.75) is 44.4 Å². The van der Waals surface area contributed by atoms with Gasteiger partial charge in [-0.25, -0.2) is 4.98 Å². The van der Waals surface area contributed by atoms with Crippen LogP contribution in [0.5, 0.6) is 0 Å². The second-order valence-electron chi connectivity index (χ2n) is 6.15. The van der Waals surface area contributed by atoms with Gasteiger partial charge in [-0.05, 0) is 25.3 Å². The zero-order valence-corrected chi connectivity index (χ0v) is 13.0. The molecule has 3 rings (SSSR count). The Morgan fingerprint density at radius 1 is 1.23 bits per heavy atom. The maximum atomic E-state index is 12.3. The normalized spacial score (nSPS) is 17.1. The number of amides is 1. The molecule has 1 amide bonds. The minimum atomic E-state index is -0.146. The SMILES string of the molecule is Cc1ocnc1C(=O)NCC1(c2ccccc2)CCCCC1. The van der Waals surface area contributed by atoms with E-state index in [-0.39, 0.29) is 11.3 Å². The largest absolute Gasteiger partial charge is 0.448 e. The van der Waals surface area contributed by atoms with Crippen LogP contribution < -0.4 is 5.32 Å². The number of nitrogens with one attached hydrogen (secondary N) is 1. The van der Waals surface area contributed by atoms with Crippen molar-refractivity contribution >= 4 is 5.91 Å². The van der Waals surface area contributed by atoms with Crippen molar-refractivity contribution in [3.63, 3.8) is 0 Å². The molecule has 0 unspecified atom stereocenters. The quantitative estimate of drug-likeness (QED) is 0.938. The van der Waals surface area contributed by atoms with Gasteiger partial charge in [0.15, 0.2) is 12.1 Å². The van der Waals surface area contributed by atoms with Gasteiger partial charge in [0.2, 0.25) is 0 Å². The molecule has 0 bridgehead atoms. The van der Waals surface area contributed by atoms with Crippen LogP contribution in [0.1, 0.15) is 53.9 Å². The smallest absolute Gasteiger partial charge is 0.273 e. The predicted octanol–water partition coefficient (Wildman–Crippen LogP) is 3.61. The van der Waals surface area contributed by atoms with Crippen LogP contribution in [0.4, 0.5) is 0 Å². The van der Waals surface area contributed by atoms with Crippen LogP contribution in [0.25, 0.3) is 0 Å². The fraction of sp³-hybridized carbons (Fsp3) is 0.444. The molecule has 116 valence electrons. The van der Waals surface area contributed by atoms with Gasteiger partial charge in [0.1, 0.15) is 5.76 Å². The monoisotopic (exact) mass is 298 g/mol. The van der Waals surface area contributed by atoms with Crippen LogP contribution >= 0.6 is 0 Å². The fourth-order valence-electron chi connectivity index (χ4n) is 3.44. The van der Waals surface area contributed by atoms with Crippen molar-refractivity contribution in [1.82, 2.24) is 10.3 Å². The maximum absolute atomic E-state index is 12.3. The van der Waals surface area contributed by atoms with Crippen molar-refractivity contribution in [1.29, 1.82) is 0 Å². The molecule has 0 radical (unpaired) electrons. The van der Waals surface area contributed by atoms with E-state index < -0.39 is 0 Å². The highest BCUT2D eigenvalue weighted by atomic mass is 16.3. The number of oxazole rings is 1. The number of hydrogen-bond donors (Lipinski definition) is 1. The highest BCUT2D eigenvalue weighted by molar-refractivity contribution is 5.93. The van der Waals surface area contributed by atoms with Crippen LogP contribution in [0.3, 0.4) is 0 Å². The number of carbonyl (C=O) groups is 1. The Bertz CT molecular complexity index is 628. The third-order valence-corrected chi connectivity index (χ3v) is 4.74. The summed E-state index contributed by atoms with van der Waals surface area (Å²) in [6.07, 6.45) is 7.27. The maximum Gasteiger partial charge on any atom is 0.273 e. The Balaban J connectivity index is 1.77. The van der Waals surface area contributed by atoms with Gasteiger partial charge in [0.25, 0.3) is 5.91 Å². The Hall–Kier alpha value is -2.10. The lowest BCUT2D eigenvalue weighted by Gasteiger charge is -2.38. The van der Waals surface area contributed by atoms with E-state index in [1.165, 1.54) is 31.2 Å². The van der Waals surface area contributed by atoms with Gasteiger partial charge in [-0.2, -0.15) is 0 Å². The lowest BCUT2D eigenvalue weighted by atomic mass is 9.69. The van der Waals surface area contributed by atoms with Crippen LogP contribution in [0, 0.1) is 6.92 Å². The van der Waals surface area contributed by atoms with Crippen molar-refractivity contribution in [2.75, 3.05) is 6.54 Å². The minimum absolute atomic E-state index is 0.0484. The zero-order chi connectivity index (χ0) is 15.4. The molecule has 1 aromatic heterocycles. The number of carbonyl (C=O) groups excluding carboxylic acids is 1. The van der Waals surface area contributed by atoms with Gasteiger partial charge < -0.3 is 9.73 Å². The average Bonchev–Trinajstić information content (AvgIpc) is 3.00. The van der Waals surface area contributed by atoms with E-state index in [0.29, 0.717) is 18.0 Å². The summed E-state index contributed by atoms with van der Waals surface area (Å²) in [6, 6.07) is 10.6. The molecule has 0 saturated heterocycles. The number of benzene rings is 1. The molecule has 0 atom stereocenters. The molecule has 0 spiro atoms. The van der Waals surface area contributed by atoms with E-state index in [1.54, 1.807) is 6.92 Å². The van der Waals surface area contributed by atoms with Gasteiger partial charge in [-0.3, -0.25) is 4.79 Å². The summed E-state index contributed by atoms with van der Waals surface area (Å²) in [5, 5.41) is 3.07. The molecule has 1 heterocycles. The van der Waals surface area contributed by atoms with Gasteiger partial charge in [0.05, 0.1) is 0 Å². The summed E-state index contributed by atoms with van der Waals surface area (Å²) in [7, 11) is 0. The van der Waals surface area contributed by atoms with E-state index in [9.17, 15) is 4.79 Å². The fourth-order valence-corrected chi connectivity index (χ4v) is 3.44. The first-order chi connectivity index (χ1) is 10.7. The first-order valence-corrected chi connectivity index (χ1v) is 7.95. The molecule has 22 heavy (non-hydrogen) atoms. The second kappa shape index (κ2) is 6.34. The van der Waals surface area contributed by atoms with Gasteiger partial charge in [-0.15, -0.1) is 0 Å². The molecule has 1 aromatic carbocycles. The Morgan fingerprint density at radius 2 is 1.95 bits per heavy atom. The third kappa shape index (κ3) is 2.91. The standard InChI is InChI=1S/C18H22N2O2/c1-14-16(20-13-22-14)17(21)19-12-18(10-6-3-7-11-18)15-8-4-2-5-9-15/h2,4-5,8-9,13H,3,6-7,10-12H2,1H3,(H,19,21). The molecular weight excluding hydrogens is 276 g/mol. The number of nitrogens with zero attached hydrogens (tertiary/aromatic N) is 1. The van der Waals surface area contributed by atoms with Crippen LogP contribution in [-0.2, 0) is 5.41 Å². The number of hydrogen-bond acceptors (Lipinski definition) is 3.